The van der Waals surface area contributed by atoms with Crippen LogP contribution in [-0.4, -0.2) is 16.1 Å². The first-order chi connectivity index (χ1) is 8.22. The van der Waals surface area contributed by atoms with E-state index in [1.54, 1.807) is 11.3 Å². The van der Waals surface area contributed by atoms with Gasteiger partial charge in [-0.3, -0.25) is 0 Å². The third kappa shape index (κ3) is 2.97. The SMILES string of the molecule is CCCNC(c1cc(Br)cs1)c1nccn1C. The number of thiophene rings is 1. The van der Waals surface area contributed by atoms with Gasteiger partial charge in [-0.1, -0.05) is 6.92 Å². The van der Waals surface area contributed by atoms with Gasteiger partial charge in [0.05, 0.1) is 0 Å². The first-order valence-electron chi connectivity index (χ1n) is 5.67. The Hall–Kier alpha value is -0.650. The largest absolute Gasteiger partial charge is 0.336 e. The van der Waals surface area contributed by atoms with Gasteiger partial charge in [0, 0.05) is 34.2 Å². The lowest BCUT2D eigenvalue weighted by Gasteiger charge is -2.16. The summed E-state index contributed by atoms with van der Waals surface area (Å²) in [6, 6.07) is 2.35. The van der Waals surface area contributed by atoms with Gasteiger partial charge in [-0.05, 0) is 35.0 Å². The maximum absolute atomic E-state index is 4.45. The van der Waals surface area contributed by atoms with Crippen molar-refractivity contribution in [3.8, 4) is 0 Å². The average molecular weight is 314 g/mol. The molecule has 0 bridgehead atoms. The Bertz CT molecular complexity index is 478. The van der Waals surface area contributed by atoms with Gasteiger partial charge in [0.1, 0.15) is 11.9 Å². The van der Waals surface area contributed by atoms with Crippen molar-refractivity contribution in [2.24, 2.45) is 7.05 Å². The minimum absolute atomic E-state index is 0.186. The number of aryl methyl sites for hydroxylation is 1. The molecular formula is C12H16BrN3S. The molecule has 0 aliphatic heterocycles. The predicted octanol–water partition coefficient (Wildman–Crippen LogP) is 3.33. The zero-order valence-corrected chi connectivity index (χ0v) is 12.4. The van der Waals surface area contributed by atoms with Crippen molar-refractivity contribution in [2.45, 2.75) is 19.4 Å². The Kier molecular flexibility index (Phi) is 4.36. The molecule has 1 unspecified atom stereocenters. The number of hydrogen-bond acceptors (Lipinski definition) is 3. The maximum Gasteiger partial charge on any atom is 0.131 e. The molecule has 0 saturated carbocycles. The van der Waals surface area contributed by atoms with Gasteiger partial charge in [0.2, 0.25) is 0 Å². The molecule has 2 aromatic rings. The zero-order chi connectivity index (χ0) is 12.3. The fourth-order valence-electron chi connectivity index (χ4n) is 1.74. The second kappa shape index (κ2) is 5.80. The van der Waals surface area contributed by atoms with Crippen LogP contribution >= 0.6 is 27.3 Å². The van der Waals surface area contributed by atoms with Crippen LogP contribution in [0.5, 0.6) is 0 Å². The third-order valence-corrected chi connectivity index (χ3v) is 4.35. The van der Waals surface area contributed by atoms with E-state index in [2.05, 4.69) is 49.2 Å². The fraction of sp³-hybridized carbons (Fsp3) is 0.417. The van der Waals surface area contributed by atoms with Gasteiger partial charge >= 0.3 is 0 Å². The lowest BCUT2D eigenvalue weighted by Crippen LogP contribution is -2.25. The van der Waals surface area contributed by atoms with E-state index in [0.717, 1.165) is 23.3 Å². The molecule has 0 fully saturated rings. The topological polar surface area (TPSA) is 29.9 Å². The molecule has 3 nitrogen and oxygen atoms in total. The van der Waals surface area contributed by atoms with Crippen LogP contribution in [0.15, 0.2) is 28.3 Å². The number of nitrogens with one attached hydrogen (secondary N) is 1. The Morgan fingerprint density at radius 1 is 1.59 bits per heavy atom. The minimum atomic E-state index is 0.186. The molecule has 1 N–H and O–H groups in total. The van der Waals surface area contributed by atoms with Crippen molar-refractivity contribution >= 4 is 27.3 Å². The average Bonchev–Trinajstić information content (AvgIpc) is 2.90. The molecule has 0 amide bonds. The van der Waals surface area contributed by atoms with E-state index in [4.69, 9.17) is 0 Å². The van der Waals surface area contributed by atoms with Gasteiger partial charge in [-0.25, -0.2) is 4.98 Å². The van der Waals surface area contributed by atoms with Gasteiger partial charge in [-0.15, -0.1) is 11.3 Å². The van der Waals surface area contributed by atoms with Crippen molar-refractivity contribution in [3.63, 3.8) is 0 Å². The van der Waals surface area contributed by atoms with Crippen LogP contribution in [0.4, 0.5) is 0 Å². The van der Waals surface area contributed by atoms with Crippen LogP contribution in [0, 0.1) is 0 Å². The standard InChI is InChI=1S/C12H16BrN3S/c1-3-4-14-11(10-7-9(13)8-17-10)12-15-5-6-16(12)2/h5-8,11,14H,3-4H2,1-2H3. The number of aromatic nitrogens is 2. The summed E-state index contributed by atoms with van der Waals surface area (Å²) in [4.78, 5) is 5.74. The van der Waals surface area contributed by atoms with Crippen LogP contribution in [-0.2, 0) is 7.05 Å². The van der Waals surface area contributed by atoms with Crippen LogP contribution in [0.1, 0.15) is 30.1 Å². The van der Waals surface area contributed by atoms with Gasteiger partial charge in [0.15, 0.2) is 0 Å². The second-order valence-corrected chi connectivity index (χ2v) is 5.81. The number of halogens is 1. The molecule has 2 aromatic heterocycles. The van der Waals surface area contributed by atoms with E-state index >= 15 is 0 Å². The summed E-state index contributed by atoms with van der Waals surface area (Å²) in [7, 11) is 2.03. The molecule has 0 saturated heterocycles. The highest BCUT2D eigenvalue weighted by atomic mass is 79.9. The van der Waals surface area contributed by atoms with Crippen LogP contribution < -0.4 is 5.32 Å². The Morgan fingerprint density at radius 3 is 2.94 bits per heavy atom. The summed E-state index contributed by atoms with van der Waals surface area (Å²) < 4.78 is 3.20. The molecule has 0 spiro atoms. The van der Waals surface area contributed by atoms with Crippen LogP contribution in [0.25, 0.3) is 0 Å². The molecular weight excluding hydrogens is 298 g/mol. The highest BCUT2D eigenvalue weighted by Crippen LogP contribution is 2.29. The van der Waals surface area contributed by atoms with Gasteiger partial charge in [0.25, 0.3) is 0 Å². The van der Waals surface area contributed by atoms with Crippen molar-refractivity contribution in [2.75, 3.05) is 6.54 Å². The molecule has 5 heteroatoms. The lowest BCUT2D eigenvalue weighted by molar-refractivity contribution is 0.562. The first-order valence-corrected chi connectivity index (χ1v) is 7.34. The smallest absolute Gasteiger partial charge is 0.131 e. The quantitative estimate of drug-likeness (QED) is 0.917. The highest BCUT2D eigenvalue weighted by Gasteiger charge is 2.18. The third-order valence-electron chi connectivity index (χ3n) is 2.59. The Morgan fingerprint density at radius 2 is 2.41 bits per heavy atom. The molecule has 0 aliphatic carbocycles. The highest BCUT2D eigenvalue weighted by molar-refractivity contribution is 9.10. The normalized spacial score (nSPS) is 12.9. The van der Waals surface area contributed by atoms with E-state index in [0.29, 0.717) is 0 Å². The van der Waals surface area contributed by atoms with Crippen molar-refractivity contribution in [1.29, 1.82) is 0 Å². The minimum Gasteiger partial charge on any atom is -0.336 e. The van der Waals surface area contributed by atoms with Crippen molar-refractivity contribution in [1.82, 2.24) is 14.9 Å². The molecule has 1 atom stereocenters. The second-order valence-electron chi connectivity index (χ2n) is 3.95. The summed E-state index contributed by atoms with van der Waals surface area (Å²) in [5.74, 6) is 1.06. The molecule has 0 radical (unpaired) electrons. The lowest BCUT2D eigenvalue weighted by atomic mass is 10.2. The van der Waals surface area contributed by atoms with E-state index in [-0.39, 0.29) is 6.04 Å². The zero-order valence-electron chi connectivity index (χ0n) is 9.98. The van der Waals surface area contributed by atoms with E-state index in [9.17, 15) is 0 Å². The van der Waals surface area contributed by atoms with Crippen molar-refractivity contribution < 1.29 is 0 Å². The van der Waals surface area contributed by atoms with E-state index < -0.39 is 0 Å². The molecule has 0 aromatic carbocycles. The van der Waals surface area contributed by atoms with E-state index in [1.807, 2.05) is 19.4 Å². The summed E-state index contributed by atoms with van der Waals surface area (Å²) in [6.07, 6.45) is 4.95. The molecule has 2 rings (SSSR count). The van der Waals surface area contributed by atoms with Gasteiger partial charge in [-0.2, -0.15) is 0 Å². The summed E-state index contributed by atoms with van der Waals surface area (Å²) in [5, 5.41) is 5.66. The first kappa shape index (κ1) is 12.8. The van der Waals surface area contributed by atoms with E-state index in [1.165, 1.54) is 4.88 Å². The van der Waals surface area contributed by atoms with Crippen LogP contribution in [0.3, 0.4) is 0 Å². The molecule has 2 heterocycles. The van der Waals surface area contributed by atoms with Crippen molar-refractivity contribution in [3.05, 3.63) is 39.0 Å². The van der Waals surface area contributed by atoms with Gasteiger partial charge < -0.3 is 9.88 Å². The molecule has 92 valence electrons. The number of rotatable bonds is 5. The maximum atomic E-state index is 4.45. The number of nitrogens with zero attached hydrogens (tertiary/aromatic N) is 2. The monoisotopic (exact) mass is 313 g/mol. The Labute approximate surface area is 114 Å². The predicted molar refractivity (Wildman–Crippen MR) is 75.4 cm³/mol. The number of imidazole rings is 1. The molecule has 0 aliphatic rings. The summed E-state index contributed by atoms with van der Waals surface area (Å²) in [5.41, 5.74) is 0. The summed E-state index contributed by atoms with van der Waals surface area (Å²) >= 11 is 5.26. The van der Waals surface area contributed by atoms with Crippen LogP contribution in [0.2, 0.25) is 0 Å². The fourth-order valence-corrected chi connectivity index (χ4v) is 3.26. The Balaban J connectivity index is 2.28. The number of hydrogen-bond donors (Lipinski definition) is 1. The summed E-state index contributed by atoms with van der Waals surface area (Å²) in [6.45, 7) is 3.17. The molecule has 17 heavy (non-hydrogen) atoms.